The Kier molecular flexibility index (Phi) is 4.26. The van der Waals surface area contributed by atoms with Crippen molar-refractivity contribution in [1.29, 1.82) is 0 Å². The van der Waals surface area contributed by atoms with Gasteiger partial charge in [0.05, 0.1) is 5.57 Å². The molecule has 0 aromatic heterocycles. The molecule has 0 saturated heterocycles. The zero-order chi connectivity index (χ0) is 14.9. The third-order valence-corrected chi connectivity index (χ3v) is 4.58. The lowest BCUT2D eigenvalue weighted by Gasteiger charge is -2.48. The van der Waals surface area contributed by atoms with Gasteiger partial charge in [-0.05, 0) is 31.6 Å². The minimum atomic E-state index is -0.752. The first-order chi connectivity index (χ1) is 9.39. The number of ether oxygens (including phenoxy) is 2. The standard InChI is InChI=1S/C17H26O3/c1-6-7-14-13(5)19-17(20-16(14)18)10-12(4)8-9-15(17)11(2)3/h6,11-12,15H,1,7-10H2,2-5H3. The SMILES string of the molecule is C=CCC1=C(C)OC2(CC(C)CCC2C(C)C)OC1=O. The smallest absolute Gasteiger partial charge is 0.341 e. The molecule has 3 heteroatoms. The molecule has 1 aliphatic heterocycles. The van der Waals surface area contributed by atoms with Crippen LogP contribution in [0.25, 0.3) is 0 Å². The van der Waals surface area contributed by atoms with E-state index in [4.69, 9.17) is 9.47 Å². The Morgan fingerprint density at radius 3 is 2.65 bits per heavy atom. The van der Waals surface area contributed by atoms with Gasteiger partial charge in [0.25, 0.3) is 5.79 Å². The van der Waals surface area contributed by atoms with Crippen molar-refractivity contribution in [3.05, 3.63) is 24.0 Å². The maximum atomic E-state index is 12.3. The zero-order valence-corrected chi connectivity index (χ0v) is 13.1. The Bertz CT molecular complexity index is 436. The predicted octanol–water partition coefficient (Wildman–Crippen LogP) is 4.20. The van der Waals surface area contributed by atoms with Crippen LogP contribution in [0.1, 0.15) is 53.4 Å². The highest BCUT2D eigenvalue weighted by Crippen LogP contribution is 2.47. The second kappa shape index (κ2) is 5.63. The van der Waals surface area contributed by atoms with E-state index in [-0.39, 0.29) is 11.9 Å². The number of rotatable bonds is 3. The van der Waals surface area contributed by atoms with E-state index in [0.717, 1.165) is 12.8 Å². The van der Waals surface area contributed by atoms with Crippen LogP contribution in [0.2, 0.25) is 0 Å². The van der Waals surface area contributed by atoms with Crippen molar-refractivity contribution in [2.75, 3.05) is 0 Å². The molecule has 3 atom stereocenters. The topological polar surface area (TPSA) is 35.5 Å². The van der Waals surface area contributed by atoms with E-state index in [1.54, 1.807) is 6.08 Å². The maximum absolute atomic E-state index is 12.3. The van der Waals surface area contributed by atoms with Crippen LogP contribution in [0.15, 0.2) is 24.0 Å². The van der Waals surface area contributed by atoms with Gasteiger partial charge in [-0.25, -0.2) is 4.79 Å². The molecule has 0 bridgehead atoms. The molecule has 2 aliphatic rings. The Balaban J connectivity index is 2.34. The summed E-state index contributed by atoms with van der Waals surface area (Å²) in [4.78, 5) is 12.3. The number of carbonyl (C=O) groups excluding carboxylic acids is 1. The highest BCUT2D eigenvalue weighted by atomic mass is 16.7. The van der Waals surface area contributed by atoms with E-state index < -0.39 is 5.79 Å². The van der Waals surface area contributed by atoms with Crippen molar-refractivity contribution >= 4 is 5.97 Å². The monoisotopic (exact) mass is 278 g/mol. The molecule has 20 heavy (non-hydrogen) atoms. The lowest BCUT2D eigenvalue weighted by atomic mass is 9.72. The van der Waals surface area contributed by atoms with Crippen LogP contribution in [0.5, 0.6) is 0 Å². The molecule has 3 unspecified atom stereocenters. The van der Waals surface area contributed by atoms with Gasteiger partial charge in [0.2, 0.25) is 0 Å². The van der Waals surface area contributed by atoms with Gasteiger partial charge >= 0.3 is 5.97 Å². The van der Waals surface area contributed by atoms with E-state index in [1.165, 1.54) is 6.42 Å². The Morgan fingerprint density at radius 2 is 2.10 bits per heavy atom. The molecule has 112 valence electrons. The van der Waals surface area contributed by atoms with Gasteiger partial charge in [-0.1, -0.05) is 26.8 Å². The van der Waals surface area contributed by atoms with Crippen LogP contribution >= 0.6 is 0 Å². The highest BCUT2D eigenvalue weighted by molar-refractivity contribution is 5.90. The molecule has 2 rings (SSSR count). The van der Waals surface area contributed by atoms with Crippen LogP contribution < -0.4 is 0 Å². The summed E-state index contributed by atoms with van der Waals surface area (Å²) in [6.45, 7) is 12.1. The molecule has 1 fully saturated rings. The van der Waals surface area contributed by atoms with Crippen LogP contribution in [-0.4, -0.2) is 11.8 Å². The first-order valence-electron chi connectivity index (χ1n) is 7.62. The van der Waals surface area contributed by atoms with Crippen molar-refractivity contribution in [1.82, 2.24) is 0 Å². The van der Waals surface area contributed by atoms with Gasteiger partial charge in [-0.3, -0.25) is 0 Å². The number of carbonyl (C=O) groups is 1. The van der Waals surface area contributed by atoms with E-state index in [2.05, 4.69) is 27.4 Å². The molecule has 0 aromatic rings. The lowest BCUT2D eigenvalue weighted by molar-refractivity contribution is -0.269. The van der Waals surface area contributed by atoms with Crippen LogP contribution in [0.4, 0.5) is 0 Å². The summed E-state index contributed by atoms with van der Waals surface area (Å²) in [5.41, 5.74) is 0.603. The summed E-state index contributed by atoms with van der Waals surface area (Å²) >= 11 is 0. The molecular formula is C17H26O3. The van der Waals surface area contributed by atoms with Gasteiger partial charge in [0.15, 0.2) is 0 Å². The molecule has 1 spiro atoms. The van der Waals surface area contributed by atoms with Gasteiger partial charge in [0.1, 0.15) is 5.76 Å². The summed E-state index contributed by atoms with van der Waals surface area (Å²) in [5.74, 6) is 0.949. The Labute approximate surface area is 122 Å². The number of hydrogen-bond acceptors (Lipinski definition) is 3. The lowest BCUT2D eigenvalue weighted by Crippen LogP contribution is -2.53. The second-order valence-electron chi connectivity index (χ2n) is 6.57. The Morgan fingerprint density at radius 1 is 1.40 bits per heavy atom. The summed E-state index contributed by atoms with van der Waals surface area (Å²) in [6, 6.07) is 0. The minimum absolute atomic E-state index is 0.228. The van der Waals surface area contributed by atoms with Gasteiger partial charge in [-0.2, -0.15) is 0 Å². The average Bonchev–Trinajstić information content (AvgIpc) is 2.33. The third-order valence-electron chi connectivity index (χ3n) is 4.58. The average molecular weight is 278 g/mol. The summed E-state index contributed by atoms with van der Waals surface area (Å²) in [6.07, 6.45) is 5.23. The highest BCUT2D eigenvalue weighted by Gasteiger charge is 2.52. The molecule has 0 N–H and O–H groups in total. The molecule has 1 aliphatic carbocycles. The van der Waals surface area contributed by atoms with E-state index in [9.17, 15) is 4.79 Å². The molecule has 3 nitrogen and oxygen atoms in total. The van der Waals surface area contributed by atoms with Gasteiger partial charge < -0.3 is 9.47 Å². The van der Waals surface area contributed by atoms with Crippen molar-refractivity contribution in [2.45, 2.75) is 59.2 Å². The fourth-order valence-corrected chi connectivity index (χ4v) is 3.57. The first-order valence-corrected chi connectivity index (χ1v) is 7.62. The van der Waals surface area contributed by atoms with E-state index >= 15 is 0 Å². The van der Waals surface area contributed by atoms with Gasteiger partial charge in [-0.15, -0.1) is 6.58 Å². The molecule has 0 radical (unpaired) electrons. The van der Waals surface area contributed by atoms with Crippen molar-refractivity contribution in [2.24, 2.45) is 17.8 Å². The van der Waals surface area contributed by atoms with E-state index in [0.29, 0.717) is 29.6 Å². The molecule has 1 saturated carbocycles. The summed E-state index contributed by atoms with van der Waals surface area (Å²) in [5, 5.41) is 0. The van der Waals surface area contributed by atoms with Crippen LogP contribution in [0.3, 0.4) is 0 Å². The maximum Gasteiger partial charge on any atom is 0.341 e. The number of allylic oxidation sites excluding steroid dienone is 2. The van der Waals surface area contributed by atoms with Crippen molar-refractivity contribution < 1.29 is 14.3 Å². The number of esters is 1. The molecule has 0 aromatic carbocycles. The summed E-state index contributed by atoms with van der Waals surface area (Å²) < 4.78 is 12.0. The summed E-state index contributed by atoms with van der Waals surface area (Å²) in [7, 11) is 0. The zero-order valence-electron chi connectivity index (χ0n) is 13.1. The fourth-order valence-electron chi connectivity index (χ4n) is 3.57. The fraction of sp³-hybridized carbons (Fsp3) is 0.706. The third kappa shape index (κ3) is 2.63. The molecule has 0 amide bonds. The molecule has 1 heterocycles. The first kappa shape index (κ1) is 15.1. The number of hydrogen-bond donors (Lipinski definition) is 0. The quantitative estimate of drug-likeness (QED) is 0.573. The minimum Gasteiger partial charge on any atom is -0.456 e. The van der Waals surface area contributed by atoms with E-state index in [1.807, 2.05) is 6.92 Å². The van der Waals surface area contributed by atoms with Crippen LogP contribution in [-0.2, 0) is 14.3 Å². The van der Waals surface area contributed by atoms with Crippen molar-refractivity contribution in [3.63, 3.8) is 0 Å². The Hall–Kier alpha value is -1.25. The molecular weight excluding hydrogens is 252 g/mol. The normalized spacial score (nSPS) is 34.1. The predicted molar refractivity (Wildman–Crippen MR) is 78.8 cm³/mol. The second-order valence-corrected chi connectivity index (χ2v) is 6.57. The van der Waals surface area contributed by atoms with Gasteiger partial charge in [0, 0.05) is 18.8 Å². The van der Waals surface area contributed by atoms with Crippen molar-refractivity contribution in [3.8, 4) is 0 Å². The van der Waals surface area contributed by atoms with Crippen LogP contribution in [0, 0.1) is 17.8 Å². The largest absolute Gasteiger partial charge is 0.456 e.